The Morgan fingerprint density at radius 3 is 2.42 bits per heavy atom. The molecule has 1 fully saturated rings. The molecule has 1 aromatic carbocycles. The van der Waals surface area contributed by atoms with Crippen LogP contribution in [0.15, 0.2) is 35.5 Å². The Hall–Kier alpha value is -3.27. The zero-order chi connectivity index (χ0) is 26.4. The van der Waals surface area contributed by atoms with Gasteiger partial charge in [0.1, 0.15) is 5.75 Å². The molecule has 2 aliphatic heterocycles. The normalized spacial score (nSPS) is 20.9. The molecule has 0 spiro atoms. The van der Waals surface area contributed by atoms with E-state index in [2.05, 4.69) is 15.5 Å². The topological polar surface area (TPSA) is 103 Å². The molecule has 10 heteroatoms. The van der Waals surface area contributed by atoms with Crippen molar-refractivity contribution in [3.05, 3.63) is 41.1 Å². The number of methoxy groups -OCH3 is 1. The molecule has 36 heavy (non-hydrogen) atoms. The molecule has 0 aliphatic carbocycles. The Labute approximate surface area is 213 Å². The molecule has 2 unspecified atom stereocenters. The molecule has 0 bridgehead atoms. The fraction of sp³-hybridized carbons (Fsp3) is 0.577. The predicted octanol–water partition coefficient (Wildman–Crippen LogP) is 2.72. The van der Waals surface area contributed by atoms with Crippen molar-refractivity contribution in [2.75, 3.05) is 46.4 Å². The van der Waals surface area contributed by atoms with E-state index in [0.29, 0.717) is 49.7 Å². The number of hydrogen-bond donors (Lipinski definition) is 2. The van der Waals surface area contributed by atoms with Crippen LogP contribution in [0.3, 0.4) is 0 Å². The van der Waals surface area contributed by atoms with Gasteiger partial charge < -0.3 is 25.0 Å². The summed E-state index contributed by atoms with van der Waals surface area (Å²) < 4.78 is 10.7. The lowest BCUT2D eigenvalue weighted by atomic mass is 9.94. The van der Waals surface area contributed by atoms with Crippen molar-refractivity contribution in [3.63, 3.8) is 0 Å². The second-order valence-corrected chi connectivity index (χ2v) is 9.36. The highest BCUT2D eigenvalue weighted by molar-refractivity contribution is 5.95. The fourth-order valence-corrected chi connectivity index (χ4v) is 4.72. The molecule has 2 heterocycles. The van der Waals surface area contributed by atoms with Crippen LogP contribution in [0.1, 0.15) is 46.2 Å². The van der Waals surface area contributed by atoms with Gasteiger partial charge in [0, 0.05) is 50.5 Å². The quantitative estimate of drug-likeness (QED) is 0.531. The molecule has 4 amide bonds. The van der Waals surface area contributed by atoms with Gasteiger partial charge in [-0.25, -0.2) is 14.4 Å². The van der Waals surface area contributed by atoms with Crippen molar-refractivity contribution in [3.8, 4) is 5.75 Å². The number of benzene rings is 1. The van der Waals surface area contributed by atoms with Gasteiger partial charge in [-0.1, -0.05) is 12.1 Å². The number of nitrogens with zero attached hydrogens (tertiary/aromatic N) is 3. The molecule has 10 nitrogen and oxygen atoms in total. The molecule has 0 radical (unpaired) electrons. The molecule has 1 saturated heterocycles. The van der Waals surface area contributed by atoms with Crippen LogP contribution >= 0.6 is 0 Å². The van der Waals surface area contributed by atoms with Crippen LogP contribution in [-0.2, 0) is 9.53 Å². The number of likely N-dealkylation sites (N-methyl/N-ethyl adjacent to an activating group) is 1. The maximum atomic E-state index is 13.3. The average Bonchev–Trinajstić information content (AvgIpc) is 2.83. The van der Waals surface area contributed by atoms with E-state index in [0.717, 1.165) is 5.56 Å². The number of hydrogen-bond acceptors (Lipinski definition) is 6. The largest absolute Gasteiger partial charge is 0.497 e. The molecular weight excluding hydrogens is 462 g/mol. The highest BCUT2D eigenvalue weighted by atomic mass is 16.5. The van der Waals surface area contributed by atoms with Gasteiger partial charge in [-0.05, 0) is 52.3 Å². The monoisotopic (exact) mass is 501 g/mol. The molecule has 1 aromatic rings. The summed E-state index contributed by atoms with van der Waals surface area (Å²) in [4.78, 5) is 44.6. The summed E-state index contributed by atoms with van der Waals surface area (Å²) in [7, 11) is 1.59. The van der Waals surface area contributed by atoms with E-state index >= 15 is 0 Å². The van der Waals surface area contributed by atoms with Crippen LogP contribution in [0, 0.1) is 0 Å². The lowest BCUT2D eigenvalue weighted by molar-refractivity contribution is -0.139. The van der Waals surface area contributed by atoms with Gasteiger partial charge in [0.15, 0.2) is 0 Å². The van der Waals surface area contributed by atoms with Gasteiger partial charge in [-0.3, -0.25) is 9.80 Å². The summed E-state index contributed by atoms with van der Waals surface area (Å²) in [6, 6.07) is 6.36. The standard InChI is InChI=1S/C26H39N5O5/c1-7-30-21(16-29-13-14-31(18(5)15-29)25(33)27-17(3)4)22(24(32)36-8-2)23(28-26(30)34)19-9-11-20(35-6)12-10-19/h9-12,17-18,23H,7-8,13-16H2,1-6H3,(H,27,33)(H,28,34). The van der Waals surface area contributed by atoms with Crippen LogP contribution in [0.2, 0.25) is 0 Å². The number of nitrogens with one attached hydrogen (secondary N) is 2. The van der Waals surface area contributed by atoms with Crippen LogP contribution in [0.5, 0.6) is 5.75 Å². The lowest BCUT2D eigenvalue weighted by Gasteiger charge is -2.43. The number of amides is 4. The van der Waals surface area contributed by atoms with Crippen molar-refractivity contribution in [1.29, 1.82) is 0 Å². The summed E-state index contributed by atoms with van der Waals surface area (Å²) >= 11 is 0. The van der Waals surface area contributed by atoms with Gasteiger partial charge >= 0.3 is 18.0 Å². The van der Waals surface area contributed by atoms with Crippen molar-refractivity contribution in [2.45, 2.75) is 52.7 Å². The maximum Gasteiger partial charge on any atom is 0.338 e. The Morgan fingerprint density at radius 2 is 1.86 bits per heavy atom. The lowest BCUT2D eigenvalue weighted by Crippen LogP contribution is -2.58. The van der Waals surface area contributed by atoms with Crippen molar-refractivity contribution in [1.82, 2.24) is 25.3 Å². The Balaban J connectivity index is 1.94. The second kappa shape index (κ2) is 12.1. The highest BCUT2D eigenvalue weighted by Gasteiger charge is 2.39. The third-order valence-electron chi connectivity index (χ3n) is 6.46. The minimum atomic E-state index is -0.643. The highest BCUT2D eigenvalue weighted by Crippen LogP contribution is 2.33. The van der Waals surface area contributed by atoms with Crippen molar-refractivity contribution in [2.24, 2.45) is 0 Å². The van der Waals surface area contributed by atoms with E-state index in [1.807, 2.05) is 44.7 Å². The van der Waals surface area contributed by atoms with Crippen LogP contribution in [-0.4, -0.2) is 91.3 Å². The Bertz CT molecular complexity index is 977. The fourth-order valence-electron chi connectivity index (χ4n) is 4.72. The zero-order valence-corrected chi connectivity index (χ0v) is 22.2. The minimum Gasteiger partial charge on any atom is -0.497 e. The molecule has 3 rings (SSSR count). The first-order valence-corrected chi connectivity index (χ1v) is 12.6. The first-order valence-electron chi connectivity index (χ1n) is 12.6. The summed E-state index contributed by atoms with van der Waals surface area (Å²) in [6.07, 6.45) is 0. The number of ether oxygens (including phenoxy) is 2. The summed E-state index contributed by atoms with van der Waals surface area (Å²) in [5.41, 5.74) is 1.83. The van der Waals surface area contributed by atoms with E-state index in [-0.39, 0.29) is 30.8 Å². The van der Waals surface area contributed by atoms with E-state index in [9.17, 15) is 14.4 Å². The van der Waals surface area contributed by atoms with Crippen LogP contribution in [0.4, 0.5) is 9.59 Å². The molecule has 2 atom stereocenters. The first-order chi connectivity index (χ1) is 17.2. The second-order valence-electron chi connectivity index (χ2n) is 9.36. The van der Waals surface area contributed by atoms with Gasteiger partial charge in [-0.15, -0.1) is 0 Å². The Kier molecular flexibility index (Phi) is 9.19. The number of esters is 1. The SMILES string of the molecule is CCOC(=O)C1=C(CN2CCN(C(=O)NC(C)C)C(C)C2)N(CC)C(=O)NC1c1ccc(OC)cc1. The Morgan fingerprint density at radius 1 is 1.17 bits per heavy atom. The van der Waals surface area contributed by atoms with E-state index in [1.165, 1.54) is 0 Å². The maximum absolute atomic E-state index is 13.3. The van der Waals surface area contributed by atoms with E-state index in [1.54, 1.807) is 31.1 Å². The van der Waals surface area contributed by atoms with Gasteiger partial charge in [0.2, 0.25) is 0 Å². The molecule has 0 aromatic heterocycles. The third kappa shape index (κ3) is 6.10. The van der Waals surface area contributed by atoms with Crippen molar-refractivity contribution < 1.29 is 23.9 Å². The van der Waals surface area contributed by atoms with Crippen molar-refractivity contribution >= 4 is 18.0 Å². The number of piperazine rings is 1. The molecular formula is C26H39N5O5. The summed E-state index contributed by atoms with van der Waals surface area (Å²) in [5.74, 6) is 0.237. The van der Waals surface area contributed by atoms with Gasteiger partial charge in [-0.2, -0.15) is 0 Å². The number of rotatable bonds is 8. The average molecular weight is 502 g/mol. The number of carbonyl (C=O) groups excluding carboxylic acids is 3. The van der Waals surface area contributed by atoms with Crippen LogP contribution in [0.25, 0.3) is 0 Å². The smallest absolute Gasteiger partial charge is 0.338 e. The van der Waals surface area contributed by atoms with E-state index < -0.39 is 12.0 Å². The summed E-state index contributed by atoms with van der Waals surface area (Å²) in [5, 5.41) is 5.94. The minimum absolute atomic E-state index is 0.0194. The zero-order valence-electron chi connectivity index (χ0n) is 22.2. The first kappa shape index (κ1) is 27.3. The van der Waals surface area contributed by atoms with Gasteiger partial charge in [0.05, 0.1) is 25.3 Å². The molecule has 2 aliphatic rings. The molecule has 2 N–H and O–H groups in total. The molecule has 0 saturated carbocycles. The number of urea groups is 2. The van der Waals surface area contributed by atoms with Gasteiger partial charge in [0.25, 0.3) is 0 Å². The third-order valence-corrected chi connectivity index (χ3v) is 6.46. The summed E-state index contributed by atoms with van der Waals surface area (Å²) in [6.45, 7) is 12.4. The van der Waals surface area contributed by atoms with E-state index in [4.69, 9.17) is 9.47 Å². The number of carbonyl (C=O) groups is 3. The van der Waals surface area contributed by atoms with Crippen LogP contribution < -0.4 is 15.4 Å². The predicted molar refractivity (Wildman–Crippen MR) is 137 cm³/mol. The molecule has 198 valence electrons.